The second-order valence-electron chi connectivity index (χ2n) is 7.78. The molecule has 0 spiro atoms. The molecule has 0 aliphatic carbocycles. The molecule has 0 rings (SSSR count). The van der Waals surface area contributed by atoms with Crippen LogP contribution in [-0.2, 0) is 4.79 Å². The summed E-state index contributed by atoms with van der Waals surface area (Å²) in [7, 11) is 0. The smallest absolute Gasteiger partial charge is 0.237 e. The highest BCUT2D eigenvalue weighted by atomic mass is 16.2. The Labute approximate surface area is 119 Å². The summed E-state index contributed by atoms with van der Waals surface area (Å²) >= 11 is 0. The lowest BCUT2D eigenvalue weighted by Gasteiger charge is -2.31. The summed E-state index contributed by atoms with van der Waals surface area (Å²) in [6.45, 7) is 16.8. The van der Waals surface area contributed by atoms with Gasteiger partial charge in [0.2, 0.25) is 5.91 Å². The first-order chi connectivity index (χ1) is 8.43. The predicted octanol–water partition coefficient (Wildman–Crippen LogP) is 3.48. The molecule has 3 nitrogen and oxygen atoms in total. The van der Waals surface area contributed by atoms with Crippen LogP contribution in [0.5, 0.6) is 0 Å². The number of carbonyl (C=O) groups excluding carboxylic acids is 1. The summed E-state index contributed by atoms with van der Waals surface area (Å²) in [6.07, 6.45) is 3.40. The van der Waals surface area contributed by atoms with Gasteiger partial charge in [0.05, 0.1) is 6.04 Å². The Kier molecular flexibility index (Phi) is 7.06. The predicted molar refractivity (Wildman–Crippen MR) is 83.3 cm³/mol. The zero-order valence-electron chi connectivity index (χ0n) is 14.2. The molecular formula is C16H34N2O. The lowest BCUT2D eigenvalue weighted by Crippen LogP contribution is -2.54. The van der Waals surface area contributed by atoms with Crippen LogP contribution >= 0.6 is 0 Å². The Hall–Kier alpha value is -0.570. The molecular weight excluding hydrogens is 236 g/mol. The molecule has 0 radical (unpaired) electrons. The zero-order chi connectivity index (χ0) is 15.3. The number of hydrogen-bond donors (Lipinski definition) is 2. The molecule has 1 amide bonds. The van der Waals surface area contributed by atoms with Crippen LogP contribution in [-0.4, -0.2) is 23.0 Å². The average molecular weight is 270 g/mol. The third kappa shape index (κ3) is 9.94. The normalized spacial score (nSPS) is 14.6. The first kappa shape index (κ1) is 18.4. The van der Waals surface area contributed by atoms with E-state index in [9.17, 15) is 4.79 Å². The van der Waals surface area contributed by atoms with Crippen molar-refractivity contribution in [3.8, 4) is 0 Å². The van der Waals surface area contributed by atoms with Crippen LogP contribution < -0.4 is 10.6 Å². The van der Waals surface area contributed by atoms with Crippen molar-refractivity contribution in [1.82, 2.24) is 10.6 Å². The van der Waals surface area contributed by atoms with Crippen molar-refractivity contribution in [3.05, 3.63) is 0 Å². The maximum atomic E-state index is 12.2. The highest BCUT2D eigenvalue weighted by Gasteiger charge is 2.25. The molecule has 0 aliphatic rings. The van der Waals surface area contributed by atoms with Gasteiger partial charge in [-0.2, -0.15) is 0 Å². The van der Waals surface area contributed by atoms with E-state index < -0.39 is 0 Å². The second kappa shape index (κ2) is 7.28. The van der Waals surface area contributed by atoms with E-state index >= 15 is 0 Å². The fourth-order valence-corrected chi connectivity index (χ4v) is 2.17. The van der Waals surface area contributed by atoms with E-state index in [1.54, 1.807) is 0 Å². The average Bonchev–Trinajstić information content (AvgIpc) is 2.12. The Morgan fingerprint density at radius 3 is 2.00 bits per heavy atom. The van der Waals surface area contributed by atoms with E-state index in [1.807, 2.05) is 6.92 Å². The van der Waals surface area contributed by atoms with Gasteiger partial charge in [-0.3, -0.25) is 4.79 Å². The van der Waals surface area contributed by atoms with Crippen molar-refractivity contribution < 1.29 is 4.79 Å². The van der Waals surface area contributed by atoms with Crippen molar-refractivity contribution in [2.24, 2.45) is 5.92 Å². The molecule has 0 saturated carbocycles. The van der Waals surface area contributed by atoms with E-state index in [0.29, 0.717) is 0 Å². The molecule has 0 saturated heterocycles. The summed E-state index contributed by atoms with van der Waals surface area (Å²) in [5, 5.41) is 6.45. The van der Waals surface area contributed by atoms with Gasteiger partial charge in [-0.15, -0.1) is 0 Å². The molecule has 0 bridgehead atoms. The lowest BCUT2D eigenvalue weighted by atomic mass is 9.94. The molecule has 19 heavy (non-hydrogen) atoms. The minimum absolute atomic E-state index is 0.0431. The molecule has 1 atom stereocenters. The lowest BCUT2D eigenvalue weighted by molar-refractivity contribution is -0.124. The highest BCUT2D eigenvalue weighted by Crippen LogP contribution is 2.16. The summed E-state index contributed by atoms with van der Waals surface area (Å²) in [4.78, 5) is 12.2. The molecule has 3 heteroatoms. The number of hydrogen-bond acceptors (Lipinski definition) is 2. The van der Waals surface area contributed by atoms with Gasteiger partial charge < -0.3 is 10.6 Å². The second-order valence-corrected chi connectivity index (χ2v) is 7.78. The van der Waals surface area contributed by atoms with Crippen LogP contribution in [0.25, 0.3) is 0 Å². The Bertz CT molecular complexity index is 277. The fraction of sp³-hybridized carbons (Fsp3) is 0.938. The van der Waals surface area contributed by atoms with Gasteiger partial charge in [0.15, 0.2) is 0 Å². The fourth-order valence-electron chi connectivity index (χ4n) is 2.17. The van der Waals surface area contributed by atoms with Gasteiger partial charge >= 0.3 is 0 Å². The van der Waals surface area contributed by atoms with Crippen molar-refractivity contribution in [3.63, 3.8) is 0 Å². The van der Waals surface area contributed by atoms with Crippen molar-refractivity contribution in [2.75, 3.05) is 0 Å². The highest BCUT2D eigenvalue weighted by molar-refractivity contribution is 5.82. The molecule has 0 heterocycles. The van der Waals surface area contributed by atoms with E-state index in [1.165, 1.54) is 6.42 Å². The molecule has 0 unspecified atom stereocenters. The maximum Gasteiger partial charge on any atom is 0.237 e. The quantitative estimate of drug-likeness (QED) is 0.743. The molecule has 0 aliphatic heterocycles. The van der Waals surface area contributed by atoms with E-state index in [0.717, 1.165) is 18.8 Å². The van der Waals surface area contributed by atoms with Gasteiger partial charge in [0.1, 0.15) is 0 Å². The standard InChI is InChI=1S/C16H34N2O/c1-12(2)10-9-11-16(7,8)18-14(19)13(3)17-15(4,5)6/h12-13,17H,9-11H2,1-8H3,(H,18,19)/t13-/m0/s1. The summed E-state index contributed by atoms with van der Waals surface area (Å²) in [5.41, 5.74) is -0.168. The Morgan fingerprint density at radius 1 is 1.05 bits per heavy atom. The number of amides is 1. The van der Waals surface area contributed by atoms with Crippen LogP contribution in [0.4, 0.5) is 0 Å². The van der Waals surface area contributed by atoms with Gasteiger partial charge in [0, 0.05) is 11.1 Å². The minimum atomic E-state index is -0.163. The molecule has 114 valence electrons. The maximum absolute atomic E-state index is 12.2. The summed E-state index contributed by atoms with van der Waals surface area (Å²) in [5.74, 6) is 0.817. The molecule has 2 N–H and O–H groups in total. The topological polar surface area (TPSA) is 41.1 Å². The number of nitrogens with one attached hydrogen (secondary N) is 2. The Morgan fingerprint density at radius 2 is 1.58 bits per heavy atom. The number of carbonyl (C=O) groups is 1. The summed E-state index contributed by atoms with van der Waals surface area (Å²) in [6, 6.07) is -0.163. The van der Waals surface area contributed by atoms with E-state index in [4.69, 9.17) is 0 Å². The number of rotatable bonds is 7. The zero-order valence-corrected chi connectivity index (χ0v) is 14.2. The molecule has 0 aromatic carbocycles. The molecule has 0 aromatic rings. The first-order valence-corrected chi connectivity index (χ1v) is 7.53. The van der Waals surface area contributed by atoms with Crippen LogP contribution in [0.2, 0.25) is 0 Å². The van der Waals surface area contributed by atoms with Crippen LogP contribution in [0, 0.1) is 5.92 Å². The molecule has 0 aromatic heterocycles. The van der Waals surface area contributed by atoms with Crippen molar-refractivity contribution in [2.45, 2.75) is 91.8 Å². The Balaban J connectivity index is 4.21. The first-order valence-electron chi connectivity index (χ1n) is 7.53. The molecule has 0 fully saturated rings. The van der Waals surface area contributed by atoms with Crippen LogP contribution in [0.1, 0.15) is 74.7 Å². The van der Waals surface area contributed by atoms with Crippen molar-refractivity contribution >= 4 is 5.91 Å². The van der Waals surface area contributed by atoms with Crippen molar-refractivity contribution in [1.29, 1.82) is 0 Å². The largest absolute Gasteiger partial charge is 0.350 e. The van der Waals surface area contributed by atoms with E-state index in [-0.39, 0.29) is 23.0 Å². The van der Waals surface area contributed by atoms with Crippen LogP contribution in [0.3, 0.4) is 0 Å². The van der Waals surface area contributed by atoms with Crippen LogP contribution in [0.15, 0.2) is 0 Å². The van der Waals surface area contributed by atoms with Gasteiger partial charge in [-0.05, 0) is 53.9 Å². The van der Waals surface area contributed by atoms with Gasteiger partial charge in [0.25, 0.3) is 0 Å². The monoisotopic (exact) mass is 270 g/mol. The summed E-state index contributed by atoms with van der Waals surface area (Å²) < 4.78 is 0. The van der Waals surface area contributed by atoms with Gasteiger partial charge in [-0.1, -0.05) is 26.7 Å². The van der Waals surface area contributed by atoms with E-state index in [2.05, 4.69) is 59.1 Å². The third-order valence-corrected chi connectivity index (χ3v) is 3.09. The minimum Gasteiger partial charge on any atom is -0.350 e. The SMILES string of the molecule is CC(C)CCCC(C)(C)NC(=O)[C@H](C)NC(C)(C)C. The third-order valence-electron chi connectivity index (χ3n) is 3.09. The van der Waals surface area contributed by atoms with Gasteiger partial charge in [-0.25, -0.2) is 0 Å².